The van der Waals surface area contributed by atoms with Crippen LogP contribution in [0.15, 0.2) is 97.1 Å². The summed E-state index contributed by atoms with van der Waals surface area (Å²) in [6.07, 6.45) is -17.3. The van der Waals surface area contributed by atoms with E-state index in [4.69, 9.17) is 66.8 Å². The number of carbonyl (C=O) groups is 10. The quantitative estimate of drug-likeness (QED) is 0.0112. The Bertz CT molecular complexity index is 5860. The zero-order valence-electron chi connectivity index (χ0n) is 79.2. The van der Waals surface area contributed by atoms with Crippen LogP contribution in [-0.2, 0) is 88.9 Å². The van der Waals surface area contributed by atoms with Crippen molar-refractivity contribution in [3.63, 3.8) is 0 Å². The molecular weight excluding hydrogens is 2010 g/mol. The van der Waals surface area contributed by atoms with Crippen LogP contribution < -0.4 is 72.5 Å². The third-order valence-corrected chi connectivity index (χ3v) is 30.1. The molecule has 794 valence electrons. The van der Waals surface area contributed by atoms with Gasteiger partial charge in [-0.2, -0.15) is 0 Å². The number of aliphatic hydroxyl groups excluding tert-OH is 6. The molecule has 7 heterocycles. The highest BCUT2D eigenvalue weighted by molar-refractivity contribution is 7.70. The number of hydrogen-bond donors (Lipinski definition) is 26. The minimum Gasteiger partial charge on any atom is -0.507 e. The van der Waals surface area contributed by atoms with E-state index in [1.165, 1.54) is 49.2 Å². The van der Waals surface area contributed by atoms with Gasteiger partial charge in [-0.25, -0.2) is 9.59 Å². The number of aliphatic carboxylic acids is 1. The molecule has 13 rings (SSSR count). The third-order valence-electron chi connectivity index (χ3n) is 25.0. The van der Waals surface area contributed by atoms with E-state index >= 15 is 24.0 Å². The first-order chi connectivity index (χ1) is 68.3. The number of nitrogens with one attached hydrogen (secondary N) is 9. The number of rotatable bonds is 38. The Hall–Kier alpha value is -10.8. The number of carboxylic acids is 1. The maximum absolute atomic E-state index is 16.5. The van der Waals surface area contributed by atoms with Gasteiger partial charge in [0.25, 0.3) is 0 Å². The zero-order chi connectivity index (χ0) is 106. The highest BCUT2D eigenvalue weighted by atomic mass is 35.5. The number of aliphatic hydroxyl groups is 6. The van der Waals surface area contributed by atoms with Crippen molar-refractivity contribution >= 4 is 105 Å². The zero-order valence-corrected chi connectivity index (χ0v) is 83.4. The fraction of sp³-hybridized carbons (Fsp3) is 0.500. The molecule has 0 saturated carbocycles. The first-order valence-electron chi connectivity index (χ1n) is 46.3. The lowest BCUT2D eigenvalue weighted by atomic mass is 9.85. The normalized spacial score (nSPS) is 24.4. The maximum atomic E-state index is 16.5. The van der Waals surface area contributed by atoms with Gasteiger partial charge in [-0.3, -0.25) is 52.1 Å². The van der Waals surface area contributed by atoms with Gasteiger partial charge in [0.1, 0.15) is 102 Å². The van der Waals surface area contributed by atoms with Gasteiger partial charge in [-0.1, -0.05) is 125 Å². The molecule has 53 heteroatoms. The average molecular weight is 2140 g/mol. The second-order valence-corrected chi connectivity index (χ2v) is 42.8. The minimum absolute atomic E-state index is 0.116. The van der Waals surface area contributed by atoms with Crippen LogP contribution in [0.3, 0.4) is 0 Å². The van der Waals surface area contributed by atoms with Gasteiger partial charge in [-0.15, -0.1) is 0 Å². The molecule has 48 nitrogen and oxygen atoms in total. The van der Waals surface area contributed by atoms with Crippen LogP contribution in [-0.4, -0.2) is 269 Å². The Morgan fingerprint density at radius 1 is 0.683 bits per heavy atom. The molecule has 2 fully saturated rings. The first-order valence-corrected chi connectivity index (χ1v) is 52.2. The molecule has 8 amide bonds. The fourth-order valence-electron chi connectivity index (χ4n) is 17.3. The summed E-state index contributed by atoms with van der Waals surface area (Å²) in [5, 5.41) is 139. The number of nitrogens with zero attached hydrogens (tertiary/aromatic N) is 1. The predicted molar refractivity (Wildman–Crippen MR) is 510 cm³/mol. The van der Waals surface area contributed by atoms with Crippen molar-refractivity contribution in [2.45, 2.75) is 246 Å². The van der Waals surface area contributed by atoms with E-state index in [0.29, 0.717) is 18.9 Å². The fourth-order valence-corrected chi connectivity index (χ4v) is 20.7. The molecular formula is C92H120Cl2N11O37P3. The third kappa shape index (κ3) is 29.2. The lowest BCUT2D eigenvalue weighted by molar-refractivity contribution is -0.334. The first kappa shape index (κ1) is 114. The molecule has 0 aliphatic carbocycles. The number of amides is 8. The van der Waals surface area contributed by atoms with E-state index in [1.54, 1.807) is 20.8 Å². The Kier molecular flexibility index (Phi) is 39.3. The van der Waals surface area contributed by atoms with E-state index < -0.39 is 337 Å². The molecule has 11 bridgehead atoms. The molecule has 0 radical (unpaired) electrons. The molecule has 6 aromatic carbocycles. The van der Waals surface area contributed by atoms with Gasteiger partial charge in [-0.05, 0) is 129 Å². The average Bonchev–Trinajstić information content (AvgIpc) is 0.751. The molecule has 27 N–H and O–H groups in total. The van der Waals surface area contributed by atoms with Gasteiger partial charge in [0.05, 0.1) is 53.2 Å². The van der Waals surface area contributed by atoms with Crippen molar-refractivity contribution in [3.05, 3.63) is 146 Å². The van der Waals surface area contributed by atoms with Crippen LogP contribution in [0.2, 0.25) is 10.0 Å². The van der Waals surface area contributed by atoms with Gasteiger partial charge in [0.15, 0.2) is 35.3 Å². The maximum Gasteiger partial charge on any atom is 0.410 e. The number of hydrogen-bond acceptors (Lipinski definition) is 33. The number of aromatic hydroxyl groups is 3. The molecule has 7 aliphatic rings. The van der Waals surface area contributed by atoms with Crippen LogP contribution >= 0.6 is 46.0 Å². The highest BCUT2D eigenvalue weighted by Gasteiger charge is 2.53. The summed E-state index contributed by atoms with van der Waals surface area (Å²) in [5.41, 5.74) is -0.0479. The number of phenols is 3. The number of phenolic OH excluding ortho intramolecular Hbond substituents is 3. The van der Waals surface area contributed by atoms with Gasteiger partial charge >= 0.3 is 40.8 Å². The standard InChI is InChI=1S/C92H120Cl2N11O37P3/c1-7-8-9-10-11-12-13-16-28-105(91(125)135-41-48-17-14-15-18-59(48)139-66(110)25-26-68(144(129,130)131)145(132,133)134)29-27-98-92(5)38-67(136-44(4)82(92)116)141-81-79(115)78(114)64(40-106)140-90(81)142-80-62-34-49-35-63(80)138-61-24-21-47(33-54(61)94)76(112)74-88(122)102-72(89(123)124)51-36-58(108)52(39-97-42-143(126,127)128)77(113)69(51)50-31-45(19-22-57(50)107)70(85(119)104-74)101-86(120)71(49)100-84(118)56(37-65(95)109)99-87(121)73(103-83(117)55(96-6)30-43(2)3)75(111)46-20-23-60(137-62)53(93)32-46/h14-15,17-24,31-36,43-44,55-56,64,67-68,70-76,78-79,81-82,90,96-98,106-108,111-116H,7-13,16,25-30,37-42H2,1-6H3,(H2,95,109)(H,99,121)(H,100,118)(H,101,120)(H,102,122)(H,103,117)(H,104,119)(H,123,124)(H2,126,127,128)(H2,129,130,131)(H2,132,133,134)/t44-,55+,56-,64+,67-,70+,71+,72-,73+,74-,75+,76+,78+,79-,81+,82+,90-,92-/m0/s1. The van der Waals surface area contributed by atoms with Crippen LogP contribution in [0.4, 0.5) is 4.79 Å². The summed E-state index contributed by atoms with van der Waals surface area (Å²) >= 11 is 14.4. The Balaban J connectivity index is 1.03. The second-order valence-electron chi connectivity index (χ2n) is 36.4. The van der Waals surface area contributed by atoms with E-state index in [2.05, 4.69) is 54.8 Å². The molecule has 18 atom stereocenters. The second kappa shape index (κ2) is 49.8. The number of benzene rings is 6. The van der Waals surface area contributed by atoms with Crippen molar-refractivity contribution in [2.75, 3.05) is 39.6 Å². The number of primary amides is 1. The van der Waals surface area contributed by atoms with Crippen molar-refractivity contribution in [1.29, 1.82) is 0 Å². The van der Waals surface area contributed by atoms with Crippen molar-refractivity contribution < 1.29 is 180 Å². The van der Waals surface area contributed by atoms with Crippen molar-refractivity contribution in [2.24, 2.45) is 11.7 Å². The summed E-state index contributed by atoms with van der Waals surface area (Å²) in [6.45, 7) is 6.16. The molecule has 6 aromatic rings. The van der Waals surface area contributed by atoms with E-state index in [0.717, 1.165) is 99.2 Å². The molecule has 0 unspecified atom stereocenters. The topological polar surface area (TPSA) is 757 Å². The van der Waals surface area contributed by atoms with Crippen LogP contribution in [0.25, 0.3) is 11.1 Å². The number of esters is 1. The number of nitrogens with two attached hydrogens (primary N) is 1. The molecule has 2 saturated heterocycles. The molecule has 145 heavy (non-hydrogen) atoms. The number of ether oxygens (including phenoxy) is 8. The summed E-state index contributed by atoms with van der Waals surface area (Å²) in [6, 6.07) is 2.38. The highest BCUT2D eigenvalue weighted by Crippen LogP contribution is 2.62. The van der Waals surface area contributed by atoms with Crippen molar-refractivity contribution in [1.82, 2.24) is 52.8 Å². The summed E-state index contributed by atoms with van der Waals surface area (Å²) in [7, 11) is -14.3. The monoisotopic (exact) mass is 2130 g/mol. The SMILES string of the molecule is CCCCCCCCCCN(CCN[C@@]1(C)C[C@H](O[C@H]2[C@H](Oc3c4cc5cc3Oc3ccc(cc3Cl)[C@@H](O)[C@@H](NC(=O)[C@@H](CC(C)C)NC)C(=O)N[C@@H](CC(N)=O)C(=O)N[C@H]5C(=O)N[C@H]3C(=O)N[C@H](C(=O)N[C@H](C(=O)O)c5cc(O)c(CNCP(=O)(O)O)c(O)c5-c5cc3ccc5O)[C@H](O)c3ccc(c(Cl)c3)O4)O[C@H](CO)[C@@H](O)[C@@H]2O)O[C@@H](C)[C@H]1O)C(=O)OCc1ccccc1OC(=O)CCC(P(=O)(O)O)P(=O)(O)O. The molecule has 0 aromatic heterocycles. The number of para-hydroxylation sites is 1. The predicted octanol–water partition coefficient (Wildman–Crippen LogP) is 4.11. The molecule has 7 aliphatic heterocycles. The number of carboxylic acid groups (broad SMARTS) is 1. The number of likely N-dealkylation sites (N-methyl/N-ethyl adjacent to an activating group) is 1. The van der Waals surface area contributed by atoms with E-state index in [9.17, 15) is 118 Å². The Labute approximate surface area is 839 Å². The summed E-state index contributed by atoms with van der Waals surface area (Å²) in [4.78, 5) is 207. The largest absolute Gasteiger partial charge is 0.507 e. The number of fused-ring (bicyclic) bond motifs is 15. The van der Waals surface area contributed by atoms with Crippen LogP contribution in [0.1, 0.15) is 187 Å². The number of carbonyl (C=O) groups excluding carboxylic acids is 9. The van der Waals surface area contributed by atoms with Gasteiger partial charge in [0.2, 0.25) is 53.4 Å². The van der Waals surface area contributed by atoms with Gasteiger partial charge in [0, 0.05) is 66.8 Å². The Morgan fingerprint density at radius 2 is 1.29 bits per heavy atom. The van der Waals surface area contributed by atoms with E-state index in [-0.39, 0.29) is 55.3 Å². The summed E-state index contributed by atoms with van der Waals surface area (Å²) < 4.78 is 86.9. The minimum atomic E-state index is -5.40. The van der Waals surface area contributed by atoms with Crippen LogP contribution in [0.5, 0.6) is 51.7 Å². The summed E-state index contributed by atoms with van der Waals surface area (Å²) in [5.74, 6) is -19.3. The van der Waals surface area contributed by atoms with Crippen molar-refractivity contribution in [3.8, 4) is 62.9 Å². The molecule has 0 spiro atoms. The Morgan fingerprint density at radius 3 is 1.89 bits per heavy atom. The lowest BCUT2D eigenvalue weighted by Gasteiger charge is -2.48. The van der Waals surface area contributed by atoms with Gasteiger partial charge < -0.3 is 177 Å². The smallest absolute Gasteiger partial charge is 0.410 e. The van der Waals surface area contributed by atoms with Crippen LogP contribution in [0, 0.1) is 5.92 Å². The lowest BCUT2D eigenvalue weighted by Crippen LogP contribution is -2.66. The number of halogens is 2. The van der Waals surface area contributed by atoms with E-state index in [1.807, 2.05) is 0 Å². The number of unbranched alkanes of at least 4 members (excludes halogenated alkanes) is 7.